The summed E-state index contributed by atoms with van der Waals surface area (Å²) in [4.78, 5) is 32.3. The molecule has 1 aliphatic heterocycles. The second kappa shape index (κ2) is 9.66. The van der Waals surface area contributed by atoms with Crippen molar-refractivity contribution in [3.63, 3.8) is 0 Å². The predicted octanol–water partition coefficient (Wildman–Crippen LogP) is 2.35. The molecular formula is C22H33N5O4S. The molecule has 0 bridgehead atoms. The number of benzene rings is 1. The van der Waals surface area contributed by atoms with Crippen LogP contribution in [0.15, 0.2) is 47.5 Å². The van der Waals surface area contributed by atoms with Crippen molar-refractivity contribution in [2.75, 3.05) is 32.5 Å². The molecule has 10 heteroatoms. The zero-order chi connectivity index (χ0) is 23.5. The third-order valence-electron chi connectivity index (χ3n) is 5.81. The Morgan fingerprint density at radius 1 is 1.28 bits per heavy atom. The second-order valence-corrected chi connectivity index (χ2v) is 9.79. The zero-order valence-corrected chi connectivity index (χ0v) is 19.5. The Hall–Kier alpha value is -2.98. The van der Waals surface area contributed by atoms with E-state index in [1.807, 2.05) is 13.0 Å². The third kappa shape index (κ3) is 5.25. The van der Waals surface area contributed by atoms with E-state index in [1.165, 1.54) is 26.2 Å². The molecule has 1 aliphatic rings. The fourth-order valence-corrected chi connectivity index (χ4v) is 4.45. The Morgan fingerprint density at radius 2 is 2.03 bits per heavy atom. The van der Waals surface area contributed by atoms with Gasteiger partial charge in [0.15, 0.2) is 0 Å². The minimum atomic E-state index is -3.52. The van der Waals surface area contributed by atoms with E-state index in [4.69, 9.17) is 0 Å². The van der Waals surface area contributed by atoms with Crippen LogP contribution in [-0.4, -0.2) is 68.2 Å². The van der Waals surface area contributed by atoms with Crippen LogP contribution in [0.25, 0.3) is 0 Å². The van der Waals surface area contributed by atoms with E-state index in [9.17, 15) is 18.0 Å². The highest BCUT2D eigenvalue weighted by Gasteiger charge is 2.30. The van der Waals surface area contributed by atoms with Crippen LogP contribution < -0.4 is 10.0 Å². The SMILES string of the molecule is CNS(=O)(=O)c1cccc([C@H](C)Nc2ccc(C(=O)N3CC[C@H](N(C)C(C)=O)C3)cn2)c1.[HH].[HH]. The minimum absolute atomic E-state index is 0. The lowest BCUT2D eigenvalue weighted by Gasteiger charge is -2.23. The molecule has 2 heterocycles. The minimum Gasteiger partial charge on any atom is -0.364 e. The Bertz CT molecular complexity index is 1100. The molecule has 0 saturated carbocycles. The van der Waals surface area contributed by atoms with Gasteiger partial charge >= 0.3 is 0 Å². The highest BCUT2D eigenvalue weighted by Crippen LogP contribution is 2.22. The number of amides is 2. The number of carbonyl (C=O) groups excluding carboxylic acids is 2. The van der Waals surface area contributed by atoms with Gasteiger partial charge in [-0.1, -0.05) is 12.1 Å². The van der Waals surface area contributed by atoms with Crippen LogP contribution in [0.3, 0.4) is 0 Å². The van der Waals surface area contributed by atoms with Crippen molar-refractivity contribution in [2.24, 2.45) is 0 Å². The fourth-order valence-electron chi connectivity index (χ4n) is 3.66. The van der Waals surface area contributed by atoms with Crippen molar-refractivity contribution in [2.45, 2.75) is 37.2 Å². The van der Waals surface area contributed by atoms with E-state index in [-0.39, 0.29) is 31.6 Å². The molecule has 0 unspecified atom stereocenters. The molecule has 3 rings (SSSR count). The molecule has 0 spiro atoms. The molecule has 2 N–H and O–H groups in total. The monoisotopic (exact) mass is 463 g/mol. The first-order valence-corrected chi connectivity index (χ1v) is 11.9. The predicted molar refractivity (Wildman–Crippen MR) is 126 cm³/mol. The van der Waals surface area contributed by atoms with Crippen molar-refractivity contribution < 1.29 is 20.9 Å². The summed E-state index contributed by atoms with van der Waals surface area (Å²) in [6.45, 7) is 4.54. The van der Waals surface area contributed by atoms with Gasteiger partial charge in [0.2, 0.25) is 15.9 Å². The van der Waals surface area contributed by atoms with Crippen molar-refractivity contribution in [1.82, 2.24) is 19.5 Å². The molecule has 1 aromatic heterocycles. The van der Waals surface area contributed by atoms with Gasteiger partial charge in [0.1, 0.15) is 5.82 Å². The maximum absolute atomic E-state index is 12.8. The summed E-state index contributed by atoms with van der Waals surface area (Å²) in [5.74, 6) is 0.456. The molecule has 9 nitrogen and oxygen atoms in total. The van der Waals surface area contributed by atoms with Crippen LogP contribution in [0.5, 0.6) is 0 Å². The number of pyridine rings is 1. The Balaban J connectivity index is 0.00000289. The second-order valence-electron chi connectivity index (χ2n) is 7.90. The first-order chi connectivity index (χ1) is 15.1. The van der Waals surface area contributed by atoms with Crippen molar-refractivity contribution in [3.8, 4) is 0 Å². The Kier molecular flexibility index (Phi) is 7.15. The van der Waals surface area contributed by atoms with E-state index in [0.717, 1.165) is 12.0 Å². The number of nitrogens with zero attached hydrogens (tertiary/aromatic N) is 3. The summed E-state index contributed by atoms with van der Waals surface area (Å²) >= 11 is 0. The van der Waals surface area contributed by atoms with Gasteiger partial charge in [0.05, 0.1) is 16.5 Å². The summed E-state index contributed by atoms with van der Waals surface area (Å²) in [7, 11) is -0.389. The third-order valence-corrected chi connectivity index (χ3v) is 7.22. The number of rotatable bonds is 7. The van der Waals surface area contributed by atoms with Gasteiger partial charge in [-0.3, -0.25) is 9.59 Å². The molecule has 2 atom stereocenters. The van der Waals surface area contributed by atoms with E-state index in [2.05, 4.69) is 15.0 Å². The molecular weight excluding hydrogens is 430 g/mol. The molecule has 0 radical (unpaired) electrons. The summed E-state index contributed by atoms with van der Waals surface area (Å²) in [5, 5.41) is 3.23. The van der Waals surface area contributed by atoms with Crippen LogP contribution in [0, 0.1) is 0 Å². The van der Waals surface area contributed by atoms with Gasteiger partial charge in [-0.05, 0) is 50.2 Å². The Labute approximate surface area is 191 Å². The normalized spacial score (nSPS) is 17.1. The molecule has 2 amide bonds. The van der Waals surface area contributed by atoms with Gasteiger partial charge in [-0.2, -0.15) is 0 Å². The topological polar surface area (TPSA) is 112 Å². The molecule has 176 valence electrons. The van der Waals surface area contributed by atoms with Gasteiger partial charge in [0.25, 0.3) is 5.91 Å². The van der Waals surface area contributed by atoms with Crippen molar-refractivity contribution in [1.29, 1.82) is 0 Å². The molecule has 32 heavy (non-hydrogen) atoms. The molecule has 2 aromatic rings. The van der Waals surface area contributed by atoms with Crippen LogP contribution in [0.2, 0.25) is 0 Å². The number of sulfonamides is 1. The Morgan fingerprint density at radius 3 is 2.66 bits per heavy atom. The number of nitrogens with one attached hydrogen (secondary N) is 2. The largest absolute Gasteiger partial charge is 0.364 e. The standard InChI is InChI=1S/C22H29N5O4S.2H2/c1-15(17-6-5-7-20(12-17)32(30,31)23-3)25-21-9-8-18(13-24-21)22(29)27-11-10-19(14-27)26(4)16(2)28;;/h5-9,12-13,15,19,23H,10-11,14H2,1-4H3,(H,24,25);2*1H/t15-,19-;;/m0../s1. The average Bonchev–Trinajstić information content (AvgIpc) is 3.28. The fraction of sp³-hybridized carbons (Fsp3) is 0.409. The summed E-state index contributed by atoms with van der Waals surface area (Å²) < 4.78 is 26.4. The quantitative estimate of drug-likeness (QED) is 0.652. The molecule has 1 aromatic carbocycles. The van der Waals surface area contributed by atoms with E-state index >= 15 is 0 Å². The molecule has 1 fully saturated rings. The van der Waals surface area contributed by atoms with Gasteiger partial charge in [-0.15, -0.1) is 0 Å². The van der Waals surface area contributed by atoms with E-state index in [0.29, 0.717) is 24.5 Å². The number of likely N-dealkylation sites (tertiary alicyclic amines) is 1. The van der Waals surface area contributed by atoms with Crippen molar-refractivity contribution >= 4 is 27.7 Å². The smallest absolute Gasteiger partial charge is 0.255 e. The number of likely N-dealkylation sites (N-methyl/N-ethyl adjacent to an activating group) is 1. The first-order valence-electron chi connectivity index (χ1n) is 10.4. The first kappa shape index (κ1) is 23.7. The summed E-state index contributed by atoms with van der Waals surface area (Å²) in [6, 6.07) is 9.97. The average molecular weight is 464 g/mol. The number of anilines is 1. The van der Waals surface area contributed by atoms with E-state index in [1.54, 1.807) is 41.1 Å². The van der Waals surface area contributed by atoms with Gasteiger partial charge in [-0.25, -0.2) is 18.1 Å². The highest BCUT2D eigenvalue weighted by atomic mass is 32.2. The van der Waals surface area contributed by atoms with Gasteiger partial charge < -0.3 is 15.1 Å². The number of hydrogen-bond acceptors (Lipinski definition) is 6. The number of carbonyl (C=O) groups is 2. The van der Waals surface area contributed by atoms with Gasteiger partial charge in [0, 0.05) is 42.2 Å². The zero-order valence-electron chi connectivity index (χ0n) is 18.7. The molecule has 0 aliphatic carbocycles. The summed E-state index contributed by atoms with van der Waals surface area (Å²) in [5.41, 5.74) is 1.28. The lowest BCUT2D eigenvalue weighted by molar-refractivity contribution is -0.129. The van der Waals surface area contributed by atoms with Crippen LogP contribution in [-0.2, 0) is 14.8 Å². The highest BCUT2D eigenvalue weighted by molar-refractivity contribution is 7.89. The number of hydrogen-bond donors (Lipinski definition) is 2. The van der Waals surface area contributed by atoms with Crippen molar-refractivity contribution in [3.05, 3.63) is 53.7 Å². The maximum atomic E-state index is 12.8. The van der Waals surface area contributed by atoms with E-state index < -0.39 is 10.0 Å². The van der Waals surface area contributed by atoms with Crippen LogP contribution in [0.4, 0.5) is 5.82 Å². The summed E-state index contributed by atoms with van der Waals surface area (Å²) in [6.07, 6.45) is 2.29. The lowest BCUT2D eigenvalue weighted by atomic mass is 10.1. The lowest BCUT2D eigenvalue weighted by Crippen LogP contribution is -2.38. The van der Waals surface area contributed by atoms with Crippen LogP contribution in [0.1, 0.15) is 45.1 Å². The molecule has 1 saturated heterocycles. The number of aromatic nitrogens is 1. The van der Waals surface area contributed by atoms with Crippen LogP contribution >= 0.6 is 0 Å². The maximum Gasteiger partial charge on any atom is 0.255 e.